The molecule has 2 aromatic heterocycles. The number of tetrazole rings is 1. The highest BCUT2D eigenvalue weighted by atomic mass is 35.5. The minimum Gasteiger partial charge on any atom is -0.468 e. The van der Waals surface area contributed by atoms with Gasteiger partial charge in [0.1, 0.15) is 0 Å². The fourth-order valence-corrected chi connectivity index (χ4v) is 2.69. The molecule has 2 heterocycles. The first kappa shape index (κ1) is 21.3. The van der Waals surface area contributed by atoms with E-state index < -0.39 is 29.6 Å². The zero-order valence-electron chi connectivity index (χ0n) is 14.0. The van der Waals surface area contributed by atoms with Crippen LogP contribution in [0.25, 0.3) is 5.69 Å². The van der Waals surface area contributed by atoms with E-state index in [-0.39, 0.29) is 28.1 Å². The van der Waals surface area contributed by atoms with Gasteiger partial charge in [-0.3, -0.25) is 0 Å². The fourth-order valence-electron chi connectivity index (χ4n) is 2.18. The quantitative estimate of drug-likeness (QED) is 0.414. The second-order valence-electron chi connectivity index (χ2n) is 5.47. The monoisotopic (exact) mass is 470 g/mol. The average molecular weight is 472 g/mol. The summed E-state index contributed by atoms with van der Waals surface area (Å²) in [4.78, 5) is 3.51. The van der Waals surface area contributed by atoms with Crippen LogP contribution in [0.15, 0.2) is 24.3 Å². The molecule has 0 bridgehead atoms. The van der Waals surface area contributed by atoms with Gasteiger partial charge in [-0.25, -0.2) is 4.39 Å². The molecule has 0 fully saturated rings. The summed E-state index contributed by atoms with van der Waals surface area (Å²) in [5.74, 6) is -1.35. The number of alkyl halides is 3. The summed E-state index contributed by atoms with van der Waals surface area (Å²) in [5, 5.41) is 13.6. The minimum absolute atomic E-state index is 0.0390. The van der Waals surface area contributed by atoms with Crippen LogP contribution >= 0.6 is 34.8 Å². The van der Waals surface area contributed by atoms with Crippen molar-refractivity contribution in [3.8, 4) is 11.6 Å². The predicted molar refractivity (Wildman–Crippen MR) is 97.3 cm³/mol. The number of ether oxygens (including phenoxy) is 1. The van der Waals surface area contributed by atoms with Gasteiger partial charge in [0, 0.05) is 12.1 Å². The van der Waals surface area contributed by atoms with E-state index in [1.54, 1.807) is 18.2 Å². The molecule has 3 rings (SSSR count). The largest absolute Gasteiger partial charge is 0.468 e. The molecule has 0 saturated carbocycles. The van der Waals surface area contributed by atoms with Crippen molar-refractivity contribution in [1.29, 1.82) is 0 Å². The van der Waals surface area contributed by atoms with Crippen LogP contribution in [-0.4, -0.2) is 38.0 Å². The van der Waals surface area contributed by atoms with Gasteiger partial charge in [-0.2, -0.15) is 22.8 Å². The Kier molecular flexibility index (Phi) is 6.30. The minimum atomic E-state index is -4.61. The summed E-state index contributed by atoms with van der Waals surface area (Å²) in [6, 6.07) is 5.68. The topological polar surface area (TPSA) is 77.8 Å². The van der Waals surface area contributed by atoms with Crippen LogP contribution in [0.5, 0.6) is 5.88 Å². The van der Waals surface area contributed by atoms with Gasteiger partial charge in [0.2, 0.25) is 11.8 Å². The van der Waals surface area contributed by atoms with Crippen molar-refractivity contribution >= 4 is 40.8 Å². The van der Waals surface area contributed by atoms with Crippen molar-refractivity contribution in [3.05, 3.63) is 50.8 Å². The lowest BCUT2D eigenvalue weighted by Crippen LogP contribution is -2.21. The number of anilines is 1. The zero-order chi connectivity index (χ0) is 21.2. The number of aromatic nitrogens is 5. The first-order chi connectivity index (χ1) is 13.7. The van der Waals surface area contributed by atoms with Crippen LogP contribution in [0.2, 0.25) is 15.2 Å². The van der Waals surface area contributed by atoms with Gasteiger partial charge in [-0.05, 0) is 28.6 Å². The van der Waals surface area contributed by atoms with E-state index in [0.717, 1.165) is 6.07 Å². The van der Waals surface area contributed by atoms with Gasteiger partial charge in [0.15, 0.2) is 17.6 Å². The number of nitrogens with one attached hydrogen (secondary N) is 1. The Balaban J connectivity index is 1.85. The molecule has 0 aliphatic heterocycles. The molecule has 154 valence electrons. The van der Waals surface area contributed by atoms with E-state index in [2.05, 4.69) is 30.6 Å². The van der Waals surface area contributed by atoms with Gasteiger partial charge in [-0.1, -0.05) is 46.0 Å². The number of halogens is 7. The second-order valence-corrected chi connectivity index (χ2v) is 6.61. The molecule has 0 atom stereocenters. The van der Waals surface area contributed by atoms with Crippen molar-refractivity contribution in [2.24, 2.45) is 0 Å². The van der Waals surface area contributed by atoms with Gasteiger partial charge < -0.3 is 10.1 Å². The van der Waals surface area contributed by atoms with Gasteiger partial charge in [0.05, 0.1) is 15.7 Å². The first-order valence-electron chi connectivity index (χ1n) is 7.67. The lowest BCUT2D eigenvalue weighted by Gasteiger charge is -2.14. The maximum absolute atomic E-state index is 13.8. The third-order valence-corrected chi connectivity index (χ3v) is 4.48. The summed E-state index contributed by atoms with van der Waals surface area (Å²) in [5.41, 5.74) is 0.309. The van der Waals surface area contributed by atoms with Crippen LogP contribution in [0.3, 0.4) is 0 Å². The Morgan fingerprint density at radius 3 is 2.66 bits per heavy atom. The van der Waals surface area contributed by atoms with E-state index in [9.17, 15) is 17.6 Å². The third kappa shape index (κ3) is 5.17. The number of rotatable bonds is 6. The van der Waals surface area contributed by atoms with E-state index >= 15 is 0 Å². The Morgan fingerprint density at radius 2 is 1.93 bits per heavy atom. The maximum atomic E-state index is 13.8. The summed E-state index contributed by atoms with van der Waals surface area (Å²) in [6.45, 7) is -1.85. The fraction of sp³-hybridized carbons (Fsp3) is 0.200. The highest BCUT2D eigenvalue weighted by molar-refractivity contribution is 6.43. The van der Waals surface area contributed by atoms with Gasteiger partial charge in [0.25, 0.3) is 0 Å². The van der Waals surface area contributed by atoms with E-state index in [0.29, 0.717) is 5.69 Å². The number of pyridine rings is 1. The molecule has 14 heteroatoms. The number of benzene rings is 1. The van der Waals surface area contributed by atoms with E-state index in [4.69, 9.17) is 34.8 Å². The van der Waals surface area contributed by atoms with Crippen molar-refractivity contribution < 1.29 is 22.3 Å². The lowest BCUT2D eigenvalue weighted by molar-refractivity contribution is -0.154. The first-order valence-corrected chi connectivity index (χ1v) is 8.80. The molecule has 0 saturated heterocycles. The molecular weight excluding hydrogens is 463 g/mol. The van der Waals surface area contributed by atoms with Crippen LogP contribution in [-0.2, 0) is 6.54 Å². The van der Waals surface area contributed by atoms with Gasteiger partial charge in [-0.15, -0.1) is 0 Å². The summed E-state index contributed by atoms with van der Waals surface area (Å²) in [6.07, 6.45) is -4.61. The molecule has 0 unspecified atom stereocenters. The molecule has 0 amide bonds. The Bertz CT molecular complexity index is 1030. The van der Waals surface area contributed by atoms with Crippen LogP contribution < -0.4 is 10.1 Å². The molecule has 0 aliphatic rings. The maximum Gasteiger partial charge on any atom is 0.422 e. The zero-order valence-corrected chi connectivity index (χ0v) is 16.3. The Morgan fingerprint density at radius 1 is 1.17 bits per heavy atom. The van der Waals surface area contributed by atoms with Crippen LogP contribution in [0.4, 0.5) is 23.5 Å². The van der Waals surface area contributed by atoms with E-state index in [1.807, 2.05) is 0 Å². The van der Waals surface area contributed by atoms with E-state index in [1.165, 1.54) is 4.68 Å². The van der Waals surface area contributed by atoms with Crippen molar-refractivity contribution in [2.75, 3.05) is 11.9 Å². The molecular formula is C15H9Cl3F4N6O. The summed E-state index contributed by atoms with van der Waals surface area (Å²) >= 11 is 17.7. The van der Waals surface area contributed by atoms with Gasteiger partial charge >= 0.3 is 6.18 Å². The third-order valence-electron chi connectivity index (χ3n) is 3.41. The van der Waals surface area contributed by atoms with Crippen LogP contribution in [0, 0.1) is 5.82 Å². The Labute approximate surface area is 175 Å². The molecule has 3 aromatic rings. The molecule has 1 aromatic carbocycles. The average Bonchev–Trinajstić information content (AvgIpc) is 3.11. The molecule has 7 nitrogen and oxygen atoms in total. The molecule has 0 aliphatic carbocycles. The lowest BCUT2D eigenvalue weighted by atomic mass is 10.2. The molecule has 0 radical (unpaired) electrons. The number of nitrogens with zero attached hydrogens (tertiary/aromatic N) is 5. The van der Waals surface area contributed by atoms with Crippen molar-refractivity contribution in [3.63, 3.8) is 0 Å². The van der Waals surface area contributed by atoms with Crippen molar-refractivity contribution in [2.45, 2.75) is 12.7 Å². The molecule has 29 heavy (non-hydrogen) atoms. The molecule has 0 spiro atoms. The highest BCUT2D eigenvalue weighted by Gasteiger charge is 2.29. The predicted octanol–water partition coefficient (Wildman–Crippen LogP) is 4.71. The van der Waals surface area contributed by atoms with Crippen LogP contribution in [0.1, 0.15) is 5.56 Å². The number of hydrogen-bond acceptors (Lipinski definition) is 6. The smallest absolute Gasteiger partial charge is 0.422 e. The standard InChI is InChI=1S/C15H9Cl3F4N6O/c16-8-2-1-3-10(11(8)17)28-14(25-26-27-28)23-5-7-4-9(19)12(18)24-13(7)29-6-15(20,21)22/h1-4H,5-6H2,(H,23,25,27). The SMILES string of the molecule is Fc1cc(CNc2nnnn2-c2cccc(Cl)c2Cl)c(OCC(F)(F)F)nc1Cl. The number of hydrogen-bond donors (Lipinski definition) is 1. The Hall–Kier alpha value is -2.37. The summed E-state index contributed by atoms with van der Waals surface area (Å²) < 4.78 is 56.9. The normalized spacial score (nSPS) is 11.6. The molecule has 1 N–H and O–H groups in total. The van der Waals surface area contributed by atoms with Crippen molar-refractivity contribution in [1.82, 2.24) is 25.2 Å². The second kappa shape index (κ2) is 8.56. The summed E-state index contributed by atoms with van der Waals surface area (Å²) in [7, 11) is 0. The highest BCUT2D eigenvalue weighted by Crippen LogP contribution is 2.30.